The molecule has 5 heteroatoms. The zero-order valence-corrected chi connectivity index (χ0v) is 10.9. The number of nitrogens with one attached hydrogen (secondary N) is 2. The van der Waals surface area contributed by atoms with Crippen LogP contribution in [0.25, 0.3) is 0 Å². The van der Waals surface area contributed by atoms with Crippen LogP contribution in [-0.2, 0) is 4.79 Å². The summed E-state index contributed by atoms with van der Waals surface area (Å²) in [5.74, 6) is -0.0215. The van der Waals surface area contributed by atoms with Gasteiger partial charge in [0.15, 0.2) is 0 Å². The van der Waals surface area contributed by atoms with Crippen LogP contribution in [0.1, 0.15) is 0 Å². The zero-order chi connectivity index (χ0) is 12.7. The van der Waals surface area contributed by atoms with Gasteiger partial charge in [-0.05, 0) is 32.3 Å². The van der Waals surface area contributed by atoms with Crippen molar-refractivity contribution in [2.75, 3.05) is 39.0 Å². The van der Waals surface area contributed by atoms with E-state index in [1.807, 2.05) is 31.1 Å². The molecule has 0 saturated heterocycles. The average molecular weight is 256 g/mol. The quantitative estimate of drug-likeness (QED) is 0.808. The molecule has 0 fully saturated rings. The predicted molar refractivity (Wildman–Crippen MR) is 71.5 cm³/mol. The lowest BCUT2D eigenvalue weighted by atomic mass is 10.3. The topological polar surface area (TPSA) is 44.4 Å². The number of hydrogen-bond donors (Lipinski definition) is 2. The van der Waals surface area contributed by atoms with E-state index in [-0.39, 0.29) is 12.5 Å². The largest absolute Gasteiger partial charge is 0.376 e. The molecular formula is C12H18ClN3O. The van der Waals surface area contributed by atoms with Crippen LogP contribution in [0.2, 0.25) is 5.02 Å². The van der Waals surface area contributed by atoms with E-state index in [4.69, 9.17) is 11.6 Å². The first kappa shape index (κ1) is 13.8. The Kier molecular flexibility index (Phi) is 5.80. The number of halogens is 1. The molecule has 0 aliphatic rings. The molecule has 1 rings (SSSR count). The van der Waals surface area contributed by atoms with Crippen LogP contribution in [0.15, 0.2) is 24.3 Å². The molecule has 17 heavy (non-hydrogen) atoms. The number of carbonyl (C=O) groups excluding carboxylic acids is 1. The molecule has 4 nitrogen and oxygen atoms in total. The minimum Gasteiger partial charge on any atom is -0.376 e. The lowest BCUT2D eigenvalue weighted by Gasteiger charge is -2.11. The van der Waals surface area contributed by atoms with E-state index in [1.54, 1.807) is 12.1 Å². The van der Waals surface area contributed by atoms with Gasteiger partial charge in [-0.1, -0.05) is 17.7 Å². The van der Waals surface area contributed by atoms with Crippen molar-refractivity contribution in [3.63, 3.8) is 0 Å². The Balaban J connectivity index is 2.24. The highest BCUT2D eigenvalue weighted by atomic mass is 35.5. The highest BCUT2D eigenvalue weighted by Gasteiger charge is 2.00. The van der Waals surface area contributed by atoms with Crippen molar-refractivity contribution >= 4 is 23.2 Å². The molecule has 0 unspecified atom stereocenters. The number of carbonyl (C=O) groups is 1. The fourth-order valence-corrected chi connectivity index (χ4v) is 1.45. The van der Waals surface area contributed by atoms with Gasteiger partial charge in [0.2, 0.25) is 5.91 Å². The van der Waals surface area contributed by atoms with Crippen molar-refractivity contribution in [3.05, 3.63) is 29.3 Å². The van der Waals surface area contributed by atoms with E-state index >= 15 is 0 Å². The maximum absolute atomic E-state index is 11.5. The molecule has 1 aromatic rings. The Bertz CT molecular complexity index is 369. The second-order valence-electron chi connectivity index (χ2n) is 4.02. The van der Waals surface area contributed by atoms with Crippen molar-refractivity contribution in [1.82, 2.24) is 10.2 Å². The minimum absolute atomic E-state index is 0.0215. The van der Waals surface area contributed by atoms with Gasteiger partial charge in [0.1, 0.15) is 0 Å². The summed E-state index contributed by atoms with van der Waals surface area (Å²) in [5, 5.41) is 6.49. The van der Waals surface area contributed by atoms with Crippen molar-refractivity contribution in [1.29, 1.82) is 0 Å². The van der Waals surface area contributed by atoms with Crippen LogP contribution in [0.3, 0.4) is 0 Å². The Morgan fingerprint density at radius 2 is 2.18 bits per heavy atom. The van der Waals surface area contributed by atoms with Crippen molar-refractivity contribution in [3.8, 4) is 0 Å². The molecule has 0 aromatic heterocycles. The lowest BCUT2D eigenvalue weighted by molar-refractivity contribution is -0.119. The molecular weight excluding hydrogens is 238 g/mol. The van der Waals surface area contributed by atoms with Crippen molar-refractivity contribution < 1.29 is 4.79 Å². The van der Waals surface area contributed by atoms with Crippen LogP contribution >= 0.6 is 11.6 Å². The highest BCUT2D eigenvalue weighted by molar-refractivity contribution is 6.30. The summed E-state index contributed by atoms with van der Waals surface area (Å²) in [6.45, 7) is 1.75. The molecule has 0 aliphatic carbocycles. The fourth-order valence-electron chi connectivity index (χ4n) is 1.26. The van der Waals surface area contributed by atoms with E-state index < -0.39 is 0 Å². The van der Waals surface area contributed by atoms with Gasteiger partial charge < -0.3 is 15.5 Å². The number of hydrogen-bond acceptors (Lipinski definition) is 3. The molecule has 0 radical (unpaired) electrons. The first-order chi connectivity index (χ1) is 8.08. The molecule has 0 aliphatic heterocycles. The van der Waals surface area contributed by atoms with Crippen molar-refractivity contribution in [2.45, 2.75) is 0 Å². The van der Waals surface area contributed by atoms with Gasteiger partial charge >= 0.3 is 0 Å². The normalized spacial score (nSPS) is 10.4. The smallest absolute Gasteiger partial charge is 0.239 e. The number of amides is 1. The van der Waals surface area contributed by atoms with Gasteiger partial charge in [-0.15, -0.1) is 0 Å². The monoisotopic (exact) mass is 255 g/mol. The third-order valence-electron chi connectivity index (χ3n) is 2.16. The maximum atomic E-state index is 11.5. The predicted octanol–water partition coefficient (Wildman–Crippen LogP) is 1.43. The average Bonchev–Trinajstić information content (AvgIpc) is 2.26. The second kappa shape index (κ2) is 7.14. The summed E-state index contributed by atoms with van der Waals surface area (Å²) in [6, 6.07) is 7.30. The molecule has 94 valence electrons. The van der Waals surface area contributed by atoms with Gasteiger partial charge in [-0.3, -0.25) is 4.79 Å². The number of rotatable bonds is 6. The molecule has 0 saturated carbocycles. The number of benzene rings is 1. The lowest BCUT2D eigenvalue weighted by Crippen LogP contribution is -2.34. The first-order valence-corrected chi connectivity index (χ1v) is 5.86. The van der Waals surface area contributed by atoms with Gasteiger partial charge in [-0.25, -0.2) is 0 Å². The van der Waals surface area contributed by atoms with Crippen LogP contribution in [0, 0.1) is 0 Å². The molecule has 0 spiro atoms. The number of likely N-dealkylation sites (N-methyl/N-ethyl adjacent to an activating group) is 1. The molecule has 0 atom stereocenters. The summed E-state index contributed by atoms with van der Waals surface area (Å²) in [5.41, 5.74) is 0.847. The summed E-state index contributed by atoms with van der Waals surface area (Å²) in [7, 11) is 3.94. The van der Waals surface area contributed by atoms with Gasteiger partial charge in [0.25, 0.3) is 0 Å². The van der Waals surface area contributed by atoms with Gasteiger partial charge in [0, 0.05) is 23.8 Å². The van der Waals surface area contributed by atoms with E-state index in [0.29, 0.717) is 11.6 Å². The molecule has 0 heterocycles. The molecule has 1 aromatic carbocycles. The fraction of sp³-hybridized carbons (Fsp3) is 0.417. The summed E-state index contributed by atoms with van der Waals surface area (Å²) >= 11 is 5.83. The summed E-state index contributed by atoms with van der Waals surface area (Å²) in [6.07, 6.45) is 0. The van der Waals surface area contributed by atoms with E-state index in [2.05, 4.69) is 10.6 Å². The van der Waals surface area contributed by atoms with Crippen LogP contribution < -0.4 is 10.6 Å². The zero-order valence-electron chi connectivity index (χ0n) is 10.2. The maximum Gasteiger partial charge on any atom is 0.239 e. The Morgan fingerprint density at radius 1 is 1.41 bits per heavy atom. The molecule has 1 amide bonds. The van der Waals surface area contributed by atoms with Crippen molar-refractivity contribution in [2.24, 2.45) is 0 Å². The minimum atomic E-state index is -0.0215. The summed E-state index contributed by atoms with van der Waals surface area (Å²) < 4.78 is 0. The van der Waals surface area contributed by atoms with E-state index in [1.165, 1.54) is 0 Å². The highest BCUT2D eigenvalue weighted by Crippen LogP contribution is 2.14. The van der Waals surface area contributed by atoms with Gasteiger partial charge in [0.05, 0.1) is 6.54 Å². The SMILES string of the molecule is CN(C)CCNC(=O)CNc1cccc(Cl)c1. The third-order valence-corrected chi connectivity index (χ3v) is 2.39. The van der Waals surface area contributed by atoms with Crippen LogP contribution in [-0.4, -0.2) is 44.5 Å². The second-order valence-corrected chi connectivity index (χ2v) is 4.45. The number of nitrogens with zero attached hydrogens (tertiary/aromatic N) is 1. The van der Waals surface area contributed by atoms with Crippen LogP contribution in [0.5, 0.6) is 0 Å². The Morgan fingerprint density at radius 3 is 2.82 bits per heavy atom. The molecule has 2 N–H and O–H groups in total. The first-order valence-electron chi connectivity index (χ1n) is 5.49. The van der Waals surface area contributed by atoms with E-state index in [0.717, 1.165) is 12.2 Å². The summed E-state index contributed by atoms with van der Waals surface area (Å²) in [4.78, 5) is 13.5. The Hall–Kier alpha value is -1.26. The van der Waals surface area contributed by atoms with Crippen LogP contribution in [0.4, 0.5) is 5.69 Å². The number of anilines is 1. The van der Waals surface area contributed by atoms with Gasteiger partial charge in [-0.2, -0.15) is 0 Å². The Labute approximate surface area is 107 Å². The third kappa shape index (κ3) is 6.14. The standard InChI is InChI=1S/C12H18ClN3O/c1-16(2)7-6-14-12(17)9-15-11-5-3-4-10(13)8-11/h3-5,8,15H,6-7,9H2,1-2H3,(H,14,17). The van der Waals surface area contributed by atoms with E-state index in [9.17, 15) is 4.79 Å². The molecule has 0 bridgehead atoms.